The normalized spacial score (nSPS) is 19.5. The molecule has 0 spiro atoms. The molecule has 220 valence electrons. The number of hydrogen-bond acceptors (Lipinski definition) is 8. The molecule has 1 aliphatic rings. The van der Waals surface area contributed by atoms with Gasteiger partial charge in [-0.25, -0.2) is 18.5 Å². The van der Waals surface area contributed by atoms with Gasteiger partial charge in [0.25, 0.3) is 5.56 Å². The quantitative estimate of drug-likeness (QED) is 0.113. The molecule has 12 N–H and O–H groups in total. The molecule has 0 amide bonds. The smallest absolute Gasteiger partial charge is 0.394 e. The summed E-state index contributed by atoms with van der Waals surface area (Å²) in [6.45, 7) is 1.81. The summed E-state index contributed by atoms with van der Waals surface area (Å²) in [4.78, 5) is 90.8. The van der Waals surface area contributed by atoms with Crippen LogP contribution in [0, 0.1) is 0 Å². The van der Waals surface area contributed by atoms with E-state index in [2.05, 4.69) is 11.9 Å². The molecule has 0 saturated carbocycles. The van der Waals surface area contributed by atoms with Gasteiger partial charge in [-0.3, -0.25) is 14.3 Å². The molecule has 1 aromatic heterocycles. The van der Waals surface area contributed by atoms with E-state index in [0.717, 1.165) is 25.7 Å². The maximum absolute atomic E-state index is 11.9. The van der Waals surface area contributed by atoms with E-state index in [9.17, 15) is 14.7 Å². The predicted molar refractivity (Wildman–Crippen MR) is 124 cm³/mol. The zero-order valence-corrected chi connectivity index (χ0v) is 22.1. The fourth-order valence-corrected chi connectivity index (χ4v) is 2.71. The van der Waals surface area contributed by atoms with E-state index < -0.39 is 47.6 Å². The van der Waals surface area contributed by atoms with Crippen LogP contribution in [0.3, 0.4) is 0 Å². The third-order valence-corrected chi connectivity index (χ3v) is 4.04. The Balaban J connectivity index is 0. The van der Waals surface area contributed by atoms with Crippen LogP contribution in [0.5, 0.6) is 0 Å². The van der Waals surface area contributed by atoms with Crippen LogP contribution in [-0.2, 0) is 24.9 Å². The number of aromatic nitrogens is 2. The van der Waals surface area contributed by atoms with Crippen LogP contribution in [0.1, 0.15) is 50.8 Å². The Morgan fingerprint density at radius 3 is 1.76 bits per heavy atom. The van der Waals surface area contributed by atoms with Crippen LogP contribution in [-0.4, -0.2) is 82.6 Å². The average Bonchev–Trinajstić information content (AvgIpc) is 3.03. The Bertz CT molecular complexity index is 969. The average molecular weight is 606 g/mol. The number of H-pyrrole nitrogens is 1. The van der Waals surface area contributed by atoms with Gasteiger partial charge in [0.15, 0.2) is 0 Å². The van der Waals surface area contributed by atoms with Gasteiger partial charge in [0, 0.05) is 18.2 Å². The largest absolute Gasteiger partial charge is 0.466 e. The standard InChI is InChI=1S/C15H24N2O5.3H3O4P/c1-2-3-4-5-6-10-8-17(15(21)16-14(10)20)13-7-11(19)12(9-18)22-13;3*1-5(2,3)4/h8,11-13,18-19H,2-7,9H2,1H3,(H,16,20,21);3*(H3,1,2,3,4)/t11-,12+,13+;;;/m0.../s1. The lowest BCUT2D eigenvalue weighted by molar-refractivity contribution is -0.0460. The van der Waals surface area contributed by atoms with E-state index in [-0.39, 0.29) is 18.6 Å². The molecule has 19 nitrogen and oxygen atoms in total. The summed E-state index contributed by atoms with van der Waals surface area (Å²) >= 11 is 0. The van der Waals surface area contributed by atoms with Crippen molar-refractivity contribution >= 4 is 23.5 Å². The molecular formula is C15H33N2O17P3. The van der Waals surface area contributed by atoms with Crippen molar-refractivity contribution in [1.82, 2.24) is 9.55 Å². The molecule has 2 heterocycles. The first kappa shape index (κ1) is 38.0. The highest BCUT2D eigenvalue weighted by molar-refractivity contribution is 7.45. The third kappa shape index (κ3) is 25.0. The molecule has 37 heavy (non-hydrogen) atoms. The van der Waals surface area contributed by atoms with E-state index in [1.165, 1.54) is 10.8 Å². The van der Waals surface area contributed by atoms with E-state index >= 15 is 0 Å². The second kappa shape index (κ2) is 17.5. The van der Waals surface area contributed by atoms with Crippen LogP contribution in [0.25, 0.3) is 0 Å². The minimum absolute atomic E-state index is 0.215. The van der Waals surface area contributed by atoms with Gasteiger partial charge < -0.3 is 59.0 Å². The monoisotopic (exact) mass is 606 g/mol. The van der Waals surface area contributed by atoms with Crippen molar-refractivity contribution < 1.29 is 72.7 Å². The minimum Gasteiger partial charge on any atom is -0.394 e. The van der Waals surface area contributed by atoms with E-state index in [1.54, 1.807) is 0 Å². The zero-order chi connectivity index (χ0) is 29.6. The molecule has 0 radical (unpaired) electrons. The second-order valence-corrected chi connectivity index (χ2v) is 10.4. The Labute approximate surface area is 209 Å². The topological polar surface area (TPSA) is 338 Å². The zero-order valence-electron chi connectivity index (χ0n) is 19.4. The minimum atomic E-state index is -4.64. The molecule has 0 aromatic carbocycles. The fraction of sp³-hybridized carbons (Fsp3) is 0.733. The Hall–Kier alpha value is -1.11. The van der Waals surface area contributed by atoms with Gasteiger partial charge in [0.05, 0.1) is 12.7 Å². The molecule has 1 aliphatic heterocycles. The highest BCUT2D eigenvalue weighted by atomic mass is 31.2. The highest BCUT2D eigenvalue weighted by Gasteiger charge is 2.35. The maximum Gasteiger partial charge on any atom is 0.466 e. The van der Waals surface area contributed by atoms with Crippen LogP contribution < -0.4 is 11.2 Å². The number of aliphatic hydroxyl groups excluding tert-OH is 2. The number of nitrogens with zero attached hydrogens (tertiary/aromatic N) is 1. The number of nitrogens with one attached hydrogen (secondary N) is 1. The SMILES string of the molecule is CCCCCCc1cn([C@H]2C[C@H](O)[C@@H](CO)O2)c(=O)[nH]c1=O.O=P(O)(O)O.O=P(O)(O)O.O=P(O)(O)O. The first-order chi connectivity index (χ1) is 16.6. The number of rotatable bonds is 7. The van der Waals surface area contributed by atoms with Crippen molar-refractivity contribution in [3.8, 4) is 0 Å². The number of phosphoric acid groups is 3. The van der Waals surface area contributed by atoms with Crippen molar-refractivity contribution in [3.63, 3.8) is 0 Å². The molecule has 1 aromatic rings. The Morgan fingerprint density at radius 2 is 1.38 bits per heavy atom. The molecular weight excluding hydrogens is 573 g/mol. The van der Waals surface area contributed by atoms with Crippen LogP contribution >= 0.6 is 23.5 Å². The Morgan fingerprint density at radius 1 is 0.919 bits per heavy atom. The van der Waals surface area contributed by atoms with E-state index in [1.807, 2.05) is 0 Å². The number of hydrogen-bond donors (Lipinski definition) is 12. The van der Waals surface area contributed by atoms with Crippen molar-refractivity contribution in [2.45, 2.75) is 63.9 Å². The van der Waals surface area contributed by atoms with Crippen molar-refractivity contribution in [3.05, 3.63) is 32.6 Å². The maximum atomic E-state index is 11.9. The lowest BCUT2D eigenvalue weighted by Gasteiger charge is -2.15. The van der Waals surface area contributed by atoms with Gasteiger partial charge in [0.1, 0.15) is 12.3 Å². The number of unbranched alkanes of at least 4 members (excludes halogenated alkanes) is 3. The van der Waals surface area contributed by atoms with Gasteiger partial charge in [-0.1, -0.05) is 26.2 Å². The molecule has 0 aliphatic carbocycles. The molecule has 1 fully saturated rings. The molecule has 1 saturated heterocycles. The van der Waals surface area contributed by atoms with E-state index in [4.69, 9.17) is 67.6 Å². The van der Waals surface area contributed by atoms with E-state index in [0.29, 0.717) is 12.0 Å². The molecule has 0 bridgehead atoms. The number of aliphatic hydroxyl groups is 2. The number of ether oxygens (including phenoxy) is 1. The number of aromatic amines is 1. The van der Waals surface area contributed by atoms with Gasteiger partial charge in [-0.05, 0) is 12.8 Å². The molecule has 3 atom stereocenters. The summed E-state index contributed by atoms with van der Waals surface area (Å²) in [5.74, 6) is 0. The van der Waals surface area contributed by atoms with Gasteiger partial charge in [-0.15, -0.1) is 0 Å². The van der Waals surface area contributed by atoms with Crippen molar-refractivity contribution in [1.29, 1.82) is 0 Å². The van der Waals surface area contributed by atoms with Crippen LogP contribution in [0.15, 0.2) is 15.8 Å². The lowest BCUT2D eigenvalue weighted by Crippen LogP contribution is -2.34. The molecule has 22 heteroatoms. The highest BCUT2D eigenvalue weighted by Crippen LogP contribution is 2.28. The second-order valence-electron chi connectivity index (χ2n) is 7.29. The van der Waals surface area contributed by atoms with Gasteiger partial charge in [-0.2, -0.15) is 0 Å². The summed E-state index contributed by atoms with van der Waals surface area (Å²) in [5, 5.41) is 18.9. The Kier molecular flexibility index (Phi) is 18.0. The fourth-order valence-electron chi connectivity index (χ4n) is 2.71. The predicted octanol–water partition coefficient (Wildman–Crippen LogP) is -2.49. The van der Waals surface area contributed by atoms with Crippen LogP contribution in [0.2, 0.25) is 0 Å². The van der Waals surface area contributed by atoms with Crippen LogP contribution in [0.4, 0.5) is 0 Å². The summed E-state index contributed by atoms with van der Waals surface area (Å²) in [6, 6.07) is 0. The third-order valence-electron chi connectivity index (χ3n) is 4.04. The van der Waals surface area contributed by atoms with Crippen molar-refractivity contribution in [2.75, 3.05) is 6.61 Å². The first-order valence-electron chi connectivity index (χ1n) is 10.2. The van der Waals surface area contributed by atoms with Gasteiger partial charge >= 0.3 is 29.2 Å². The summed E-state index contributed by atoms with van der Waals surface area (Å²) < 4.78 is 33.4. The summed E-state index contributed by atoms with van der Waals surface area (Å²) in [6.07, 6.45) is 4.33. The molecule has 0 unspecified atom stereocenters. The molecule has 2 rings (SSSR count). The first-order valence-corrected chi connectivity index (χ1v) is 14.9. The van der Waals surface area contributed by atoms with Crippen molar-refractivity contribution in [2.24, 2.45) is 0 Å². The van der Waals surface area contributed by atoms with Gasteiger partial charge in [0.2, 0.25) is 0 Å². The number of aryl methyl sites for hydroxylation is 1. The summed E-state index contributed by atoms with van der Waals surface area (Å²) in [5.41, 5.74) is -0.380. The lowest BCUT2D eigenvalue weighted by atomic mass is 10.1. The summed E-state index contributed by atoms with van der Waals surface area (Å²) in [7, 11) is -13.9.